The van der Waals surface area contributed by atoms with E-state index in [1.54, 1.807) is 12.1 Å². The van der Waals surface area contributed by atoms with Crippen LogP contribution >= 0.6 is 0 Å². The first-order chi connectivity index (χ1) is 8.57. The fourth-order valence-corrected chi connectivity index (χ4v) is 2.49. The lowest BCUT2D eigenvalue weighted by Crippen LogP contribution is -2.47. The molecule has 0 N–H and O–H groups in total. The molecule has 0 heterocycles. The van der Waals surface area contributed by atoms with Gasteiger partial charge in [-0.15, -0.1) is 0 Å². The first-order valence-corrected chi connectivity index (χ1v) is 6.12. The molecular weight excluding hydrogens is 233 g/mol. The molecule has 1 saturated carbocycles. The van der Waals surface area contributed by atoms with E-state index >= 15 is 0 Å². The summed E-state index contributed by atoms with van der Waals surface area (Å²) in [5.41, 5.74) is 0.532. The molecule has 0 unspecified atom stereocenters. The SMILES string of the molecule is COC(=O)C1(CN(C)c2ccc(F)cc2)CCC1. The van der Waals surface area contributed by atoms with Crippen LogP contribution in [0.1, 0.15) is 19.3 Å². The highest BCUT2D eigenvalue weighted by molar-refractivity contribution is 5.78. The highest BCUT2D eigenvalue weighted by Gasteiger charge is 2.46. The number of rotatable bonds is 4. The van der Waals surface area contributed by atoms with Crippen molar-refractivity contribution >= 4 is 11.7 Å². The Morgan fingerprint density at radius 3 is 2.44 bits per heavy atom. The molecule has 1 aromatic rings. The zero-order valence-electron chi connectivity index (χ0n) is 10.8. The standard InChI is InChI=1S/C14H18FNO2/c1-16(12-6-4-11(15)5-7-12)10-14(8-3-9-14)13(17)18-2/h4-7H,3,8-10H2,1-2H3. The molecule has 1 fully saturated rings. The topological polar surface area (TPSA) is 29.5 Å². The molecule has 1 aromatic carbocycles. The first-order valence-electron chi connectivity index (χ1n) is 6.12. The summed E-state index contributed by atoms with van der Waals surface area (Å²) in [4.78, 5) is 13.8. The highest BCUT2D eigenvalue weighted by Crippen LogP contribution is 2.43. The predicted molar refractivity (Wildman–Crippen MR) is 68.0 cm³/mol. The second-order valence-electron chi connectivity index (χ2n) is 4.96. The number of halogens is 1. The average Bonchev–Trinajstić information content (AvgIpc) is 2.33. The molecule has 4 heteroatoms. The molecule has 0 aromatic heterocycles. The quantitative estimate of drug-likeness (QED) is 0.770. The molecule has 0 atom stereocenters. The zero-order valence-corrected chi connectivity index (χ0v) is 10.8. The van der Waals surface area contributed by atoms with Crippen LogP contribution in [-0.4, -0.2) is 26.7 Å². The number of carbonyl (C=O) groups is 1. The number of esters is 1. The number of hydrogen-bond donors (Lipinski definition) is 0. The Labute approximate surface area is 107 Å². The van der Waals surface area contributed by atoms with E-state index < -0.39 is 0 Å². The minimum Gasteiger partial charge on any atom is -0.469 e. The number of ether oxygens (including phenoxy) is 1. The van der Waals surface area contributed by atoms with Gasteiger partial charge in [-0.1, -0.05) is 6.42 Å². The monoisotopic (exact) mass is 251 g/mol. The van der Waals surface area contributed by atoms with Gasteiger partial charge in [-0.05, 0) is 37.1 Å². The van der Waals surface area contributed by atoms with Crippen LogP contribution in [0, 0.1) is 11.2 Å². The van der Waals surface area contributed by atoms with Gasteiger partial charge in [0.05, 0.1) is 12.5 Å². The third kappa shape index (κ3) is 2.33. The molecule has 1 aliphatic rings. The molecule has 0 saturated heterocycles. The van der Waals surface area contributed by atoms with Crippen molar-refractivity contribution in [3.8, 4) is 0 Å². The Balaban J connectivity index is 2.08. The summed E-state index contributed by atoms with van der Waals surface area (Å²) in [7, 11) is 3.34. The van der Waals surface area contributed by atoms with Crippen molar-refractivity contribution in [1.29, 1.82) is 0 Å². The summed E-state index contributed by atoms with van der Waals surface area (Å²) in [5, 5.41) is 0. The van der Waals surface area contributed by atoms with Crippen LogP contribution in [0.15, 0.2) is 24.3 Å². The number of nitrogens with zero attached hydrogens (tertiary/aromatic N) is 1. The zero-order chi connectivity index (χ0) is 13.2. The van der Waals surface area contributed by atoms with Crippen molar-refractivity contribution in [3.05, 3.63) is 30.1 Å². The molecule has 1 aliphatic carbocycles. The molecular formula is C14H18FNO2. The van der Waals surface area contributed by atoms with Gasteiger partial charge in [-0.25, -0.2) is 4.39 Å². The third-order valence-electron chi connectivity index (χ3n) is 3.74. The number of anilines is 1. The Hall–Kier alpha value is -1.58. The number of carbonyl (C=O) groups excluding carboxylic acids is 1. The van der Waals surface area contributed by atoms with E-state index in [2.05, 4.69) is 0 Å². The highest BCUT2D eigenvalue weighted by atomic mass is 19.1. The molecule has 0 spiro atoms. The van der Waals surface area contributed by atoms with Gasteiger partial charge in [0.25, 0.3) is 0 Å². The van der Waals surface area contributed by atoms with Gasteiger partial charge in [0.15, 0.2) is 0 Å². The largest absolute Gasteiger partial charge is 0.469 e. The molecule has 18 heavy (non-hydrogen) atoms. The maximum atomic E-state index is 12.9. The van der Waals surface area contributed by atoms with E-state index in [1.165, 1.54) is 19.2 Å². The Kier molecular flexibility index (Phi) is 3.55. The molecule has 0 aliphatic heterocycles. The van der Waals surface area contributed by atoms with Crippen LogP contribution in [0.25, 0.3) is 0 Å². The van der Waals surface area contributed by atoms with Crippen LogP contribution in [0.4, 0.5) is 10.1 Å². The summed E-state index contributed by atoms with van der Waals surface area (Å²) in [6, 6.07) is 6.30. The lowest BCUT2D eigenvalue weighted by molar-refractivity contribution is -0.157. The molecule has 3 nitrogen and oxygen atoms in total. The molecule has 0 radical (unpaired) electrons. The van der Waals surface area contributed by atoms with Crippen molar-refractivity contribution in [3.63, 3.8) is 0 Å². The van der Waals surface area contributed by atoms with Gasteiger partial charge in [-0.3, -0.25) is 4.79 Å². The summed E-state index contributed by atoms with van der Waals surface area (Å²) in [6.07, 6.45) is 2.79. The molecule has 2 rings (SSSR count). The van der Waals surface area contributed by atoms with Crippen molar-refractivity contribution in [1.82, 2.24) is 0 Å². The van der Waals surface area contributed by atoms with Crippen LogP contribution < -0.4 is 4.90 Å². The van der Waals surface area contributed by atoms with Gasteiger partial charge in [0.1, 0.15) is 5.82 Å². The van der Waals surface area contributed by atoms with Crippen LogP contribution in [0.3, 0.4) is 0 Å². The van der Waals surface area contributed by atoms with Crippen molar-refractivity contribution in [2.75, 3.05) is 25.6 Å². The maximum absolute atomic E-state index is 12.9. The second kappa shape index (κ2) is 4.96. The summed E-state index contributed by atoms with van der Waals surface area (Å²) < 4.78 is 17.7. The fourth-order valence-electron chi connectivity index (χ4n) is 2.49. The maximum Gasteiger partial charge on any atom is 0.313 e. The fraction of sp³-hybridized carbons (Fsp3) is 0.500. The van der Waals surface area contributed by atoms with Crippen LogP contribution in [0.5, 0.6) is 0 Å². The lowest BCUT2D eigenvalue weighted by atomic mass is 9.68. The Bertz CT molecular complexity index is 426. The van der Waals surface area contributed by atoms with Crippen LogP contribution in [-0.2, 0) is 9.53 Å². The second-order valence-corrected chi connectivity index (χ2v) is 4.96. The summed E-state index contributed by atoms with van der Waals surface area (Å²) >= 11 is 0. The van der Waals surface area contributed by atoms with Crippen molar-refractivity contribution in [2.24, 2.45) is 5.41 Å². The average molecular weight is 251 g/mol. The normalized spacial score (nSPS) is 16.8. The van der Waals surface area contributed by atoms with E-state index in [0.717, 1.165) is 24.9 Å². The number of hydrogen-bond acceptors (Lipinski definition) is 3. The van der Waals surface area contributed by atoms with Gasteiger partial charge in [0.2, 0.25) is 0 Å². The van der Waals surface area contributed by atoms with Crippen molar-refractivity contribution < 1.29 is 13.9 Å². The van der Waals surface area contributed by atoms with E-state index in [-0.39, 0.29) is 17.2 Å². The van der Waals surface area contributed by atoms with E-state index in [1.807, 2.05) is 11.9 Å². The lowest BCUT2D eigenvalue weighted by Gasteiger charge is -2.41. The van der Waals surface area contributed by atoms with E-state index in [0.29, 0.717) is 6.54 Å². The van der Waals surface area contributed by atoms with E-state index in [9.17, 15) is 9.18 Å². The third-order valence-corrected chi connectivity index (χ3v) is 3.74. The minimum atomic E-state index is -0.377. The Morgan fingerprint density at radius 2 is 2.00 bits per heavy atom. The van der Waals surface area contributed by atoms with Crippen LogP contribution in [0.2, 0.25) is 0 Å². The summed E-state index contributed by atoms with van der Waals surface area (Å²) in [6.45, 7) is 0.616. The predicted octanol–water partition coefficient (Wildman–Crippen LogP) is 2.61. The van der Waals surface area contributed by atoms with Gasteiger partial charge in [0, 0.05) is 19.3 Å². The smallest absolute Gasteiger partial charge is 0.313 e. The van der Waals surface area contributed by atoms with Crippen molar-refractivity contribution in [2.45, 2.75) is 19.3 Å². The molecule has 98 valence electrons. The van der Waals surface area contributed by atoms with E-state index in [4.69, 9.17) is 4.74 Å². The van der Waals surface area contributed by atoms with Gasteiger partial charge >= 0.3 is 5.97 Å². The van der Waals surface area contributed by atoms with Gasteiger partial charge in [-0.2, -0.15) is 0 Å². The number of methoxy groups -OCH3 is 1. The Morgan fingerprint density at radius 1 is 1.39 bits per heavy atom. The molecule has 0 amide bonds. The molecule has 0 bridgehead atoms. The number of benzene rings is 1. The van der Waals surface area contributed by atoms with Gasteiger partial charge < -0.3 is 9.64 Å². The first kappa shape index (κ1) is 12.9. The summed E-state index contributed by atoms with van der Waals surface area (Å²) in [5.74, 6) is -0.388. The minimum absolute atomic E-state index is 0.136.